The number of methoxy groups -OCH3 is 1. The fourth-order valence-electron chi connectivity index (χ4n) is 3.34. The summed E-state index contributed by atoms with van der Waals surface area (Å²) in [4.78, 5) is 25.6. The normalized spacial score (nSPS) is 22.4. The quantitative estimate of drug-likeness (QED) is 0.739. The first-order valence-corrected chi connectivity index (χ1v) is 9.05. The third kappa shape index (κ3) is 3.88. The zero-order valence-corrected chi connectivity index (χ0v) is 15.4. The number of amides is 1. The van der Waals surface area contributed by atoms with Gasteiger partial charge >= 0.3 is 5.97 Å². The number of carbonyl (C=O) groups excluding carboxylic acids is 2. The topological polar surface area (TPSA) is 87.4 Å². The van der Waals surface area contributed by atoms with E-state index in [1.54, 1.807) is 41.3 Å². The van der Waals surface area contributed by atoms with E-state index in [2.05, 4.69) is 4.74 Å². The van der Waals surface area contributed by atoms with Gasteiger partial charge in [-0.25, -0.2) is 4.79 Å². The van der Waals surface area contributed by atoms with Crippen LogP contribution in [-0.2, 0) is 14.2 Å². The molecule has 0 unspecified atom stereocenters. The monoisotopic (exact) mass is 387 g/mol. The second-order valence-electron chi connectivity index (χ2n) is 6.69. The molecule has 0 bridgehead atoms. The van der Waals surface area contributed by atoms with E-state index in [0.29, 0.717) is 43.4 Å². The molecule has 2 aliphatic heterocycles. The van der Waals surface area contributed by atoms with Crippen LogP contribution in [0.15, 0.2) is 47.1 Å². The maximum atomic E-state index is 12.4. The lowest BCUT2D eigenvalue weighted by Crippen LogP contribution is -2.32. The van der Waals surface area contributed by atoms with Crippen molar-refractivity contribution in [3.05, 3.63) is 54.0 Å². The predicted octanol–water partition coefficient (Wildman–Crippen LogP) is 1.75. The highest BCUT2D eigenvalue weighted by atomic mass is 16.6. The van der Waals surface area contributed by atoms with Crippen molar-refractivity contribution in [2.75, 3.05) is 33.4 Å². The van der Waals surface area contributed by atoms with E-state index in [-0.39, 0.29) is 24.2 Å². The standard InChI is InChI=1S/C20H21NO7/c1-24-20(23)13-4-6-14(7-5-13)28-15-11-26-17-9-21(10-18(17)27-12-15)19(22)16-3-2-8-25-16/h2-8,15,17-18H,9-12H2,1H3/t17-,18-/m0/s1. The highest BCUT2D eigenvalue weighted by Gasteiger charge is 2.40. The van der Waals surface area contributed by atoms with Gasteiger partial charge in [0, 0.05) is 0 Å². The molecule has 1 aromatic carbocycles. The van der Waals surface area contributed by atoms with E-state index in [0.717, 1.165) is 0 Å². The molecule has 0 N–H and O–H groups in total. The summed E-state index contributed by atoms with van der Waals surface area (Å²) in [5.41, 5.74) is 0.457. The summed E-state index contributed by atoms with van der Waals surface area (Å²) in [6, 6.07) is 10.0. The molecule has 8 heteroatoms. The zero-order valence-electron chi connectivity index (χ0n) is 15.4. The van der Waals surface area contributed by atoms with E-state index < -0.39 is 5.97 Å². The number of likely N-dealkylation sites (tertiary alicyclic amines) is 1. The number of furan rings is 1. The third-order valence-electron chi connectivity index (χ3n) is 4.81. The van der Waals surface area contributed by atoms with Crippen molar-refractivity contribution in [1.82, 2.24) is 4.90 Å². The smallest absolute Gasteiger partial charge is 0.337 e. The van der Waals surface area contributed by atoms with Crippen LogP contribution < -0.4 is 4.74 Å². The largest absolute Gasteiger partial charge is 0.486 e. The van der Waals surface area contributed by atoms with Crippen LogP contribution in [0.4, 0.5) is 0 Å². The van der Waals surface area contributed by atoms with Crippen LogP contribution in [0.3, 0.4) is 0 Å². The molecule has 148 valence electrons. The highest BCUT2D eigenvalue weighted by Crippen LogP contribution is 2.24. The van der Waals surface area contributed by atoms with Gasteiger partial charge in [-0.05, 0) is 36.4 Å². The molecule has 0 spiro atoms. The number of rotatable bonds is 4. The molecule has 4 rings (SSSR count). The second kappa shape index (κ2) is 8.04. The fraction of sp³-hybridized carbons (Fsp3) is 0.400. The van der Waals surface area contributed by atoms with Gasteiger partial charge in [-0.15, -0.1) is 0 Å². The zero-order chi connectivity index (χ0) is 19.5. The molecule has 0 saturated carbocycles. The number of hydrogen-bond donors (Lipinski definition) is 0. The maximum Gasteiger partial charge on any atom is 0.337 e. The second-order valence-corrected chi connectivity index (χ2v) is 6.69. The molecule has 0 aliphatic carbocycles. The molecule has 1 amide bonds. The van der Waals surface area contributed by atoms with Crippen LogP contribution in [0, 0.1) is 0 Å². The molecule has 3 heterocycles. The highest BCUT2D eigenvalue weighted by molar-refractivity contribution is 5.91. The first-order valence-electron chi connectivity index (χ1n) is 9.05. The summed E-state index contributed by atoms with van der Waals surface area (Å²) in [5.74, 6) is 0.373. The summed E-state index contributed by atoms with van der Waals surface area (Å²) in [6.45, 7) is 1.60. The molecule has 2 fully saturated rings. The van der Waals surface area contributed by atoms with Gasteiger partial charge in [0.2, 0.25) is 0 Å². The molecule has 2 saturated heterocycles. The minimum absolute atomic E-state index is 0.163. The predicted molar refractivity (Wildman–Crippen MR) is 96.3 cm³/mol. The Morgan fingerprint density at radius 3 is 2.29 bits per heavy atom. The minimum Gasteiger partial charge on any atom is -0.486 e. The van der Waals surface area contributed by atoms with Gasteiger partial charge < -0.3 is 28.3 Å². The van der Waals surface area contributed by atoms with Crippen LogP contribution in [0.25, 0.3) is 0 Å². The van der Waals surface area contributed by atoms with Crippen molar-refractivity contribution < 1.29 is 33.0 Å². The van der Waals surface area contributed by atoms with Gasteiger partial charge in [-0.2, -0.15) is 0 Å². The number of esters is 1. The van der Waals surface area contributed by atoms with E-state index in [9.17, 15) is 9.59 Å². The number of carbonyl (C=O) groups is 2. The van der Waals surface area contributed by atoms with Crippen molar-refractivity contribution in [2.24, 2.45) is 0 Å². The van der Waals surface area contributed by atoms with Gasteiger partial charge in [-0.3, -0.25) is 4.79 Å². The number of hydrogen-bond acceptors (Lipinski definition) is 7. The fourth-order valence-corrected chi connectivity index (χ4v) is 3.34. The molecule has 2 aromatic rings. The summed E-state index contributed by atoms with van der Waals surface area (Å²) < 4.78 is 27.6. The average molecular weight is 387 g/mol. The molecule has 2 atom stereocenters. The molecule has 8 nitrogen and oxygen atoms in total. The number of nitrogens with zero attached hydrogens (tertiary/aromatic N) is 1. The lowest BCUT2D eigenvalue weighted by atomic mass is 10.2. The molecular weight excluding hydrogens is 366 g/mol. The Hall–Kier alpha value is -2.84. The van der Waals surface area contributed by atoms with Crippen LogP contribution in [0.5, 0.6) is 5.75 Å². The van der Waals surface area contributed by atoms with Crippen molar-refractivity contribution >= 4 is 11.9 Å². The number of benzene rings is 1. The first-order chi connectivity index (χ1) is 13.6. The van der Waals surface area contributed by atoms with Gasteiger partial charge in [0.15, 0.2) is 5.76 Å². The van der Waals surface area contributed by atoms with E-state index in [4.69, 9.17) is 18.6 Å². The Bertz CT molecular complexity index is 802. The van der Waals surface area contributed by atoms with Gasteiger partial charge in [0.05, 0.1) is 45.2 Å². The van der Waals surface area contributed by atoms with E-state index in [1.807, 2.05) is 0 Å². The molecule has 2 aliphatic rings. The lowest BCUT2D eigenvalue weighted by molar-refractivity contribution is -0.00461. The number of fused-ring (bicyclic) bond motifs is 1. The summed E-state index contributed by atoms with van der Waals surface area (Å²) >= 11 is 0. The SMILES string of the molecule is COC(=O)c1ccc(OC2CO[C@H]3CN(C(=O)c4ccco4)C[C@@H]3OC2)cc1. The molecule has 1 aromatic heterocycles. The number of ether oxygens (including phenoxy) is 4. The van der Waals surface area contributed by atoms with Crippen LogP contribution >= 0.6 is 0 Å². The van der Waals surface area contributed by atoms with Crippen LogP contribution in [-0.4, -0.2) is 68.5 Å². The van der Waals surface area contributed by atoms with Crippen molar-refractivity contribution in [3.63, 3.8) is 0 Å². The van der Waals surface area contributed by atoms with Crippen molar-refractivity contribution in [1.29, 1.82) is 0 Å². The van der Waals surface area contributed by atoms with Gasteiger partial charge in [0.25, 0.3) is 5.91 Å². The summed E-state index contributed by atoms with van der Waals surface area (Å²) in [7, 11) is 1.34. The minimum atomic E-state index is -0.394. The van der Waals surface area contributed by atoms with E-state index in [1.165, 1.54) is 13.4 Å². The maximum absolute atomic E-state index is 12.4. The first kappa shape index (κ1) is 18.5. The lowest BCUT2D eigenvalue weighted by Gasteiger charge is -2.19. The Morgan fingerprint density at radius 1 is 1.04 bits per heavy atom. The average Bonchev–Trinajstić information content (AvgIpc) is 3.36. The Balaban J connectivity index is 1.31. The Kier molecular flexibility index (Phi) is 5.31. The van der Waals surface area contributed by atoms with Gasteiger partial charge in [-0.1, -0.05) is 0 Å². The molecule has 0 radical (unpaired) electrons. The van der Waals surface area contributed by atoms with E-state index >= 15 is 0 Å². The molecule has 28 heavy (non-hydrogen) atoms. The van der Waals surface area contributed by atoms with Crippen molar-refractivity contribution in [3.8, 4) is 5.75 Å². The summed E-state index contributed by atoms with van der Waals surface area (Å²) in [6.07, 6.45) is 0.806. The van der Waals surface area contributed by atoms with Crippen molar-refractivity contribution in [2.45, 2.75) is 18.3 Å². The molecular formula is C20H21NO7. The summed E-state index contributed by atoms with van der Waals surface area (Å²) in [5, 5.41) is 0. The van der Waals surface area contributed by atoms with Crippen LogP contribution in [0.1, 0.15) is 20.9 Å². The van der Waals surface area contributed by atoms with Gasteiger partial charge in [0.1, 0.15) is 24.1 Å². The Labute approximate surface area is 161 Å². The van der Waals surface area contributed by atoms with Crippen LogP contribution in [0.2, 0.25) is 0 Å². The Morgan fingerprint density at radius 2 is 1.71 bits per heavy atom. The third-order valence-corrected chi connectivity index (χ3v) is 4.81.